The average molecular weight is 249 g/mol. The van der Waals surface area contributed by atoms with Crippen molar-refractivity contribution in [2.45, 2.75) is 26.1 Å². The number of alkyl halides is 3. The fourth-order valence-corrected chi connectivity index (χ4v) is 1.14. The molecule has 0 saturated heterocycles. The van der Waals surface area contributed by atoms with Crippen molar-refractivity contribution in [1.29, 1.82) is 0 Å². The Labute approximate surface area is 97.2 Å². The van der Waals surface area contributed by atoms with E-state index in [-0.39, 0.29) is 12.1 Å². The molecule has 0 aliphatic heterocycles. The molecule has 1 unspecified atom stereocenters. The summed E-state index contributed by atoms with van der Waals surface area (Å²) in [6.45, 7) is 4.94. The third-order valence-electron chi connectivity index (χ3n) is 1.97. The zero-order chi connectivity index (χ0) is 12.9. The summed E-state index contributed by atoms with van der Waals surface area (Å²) in [6, 6.07) is 0.0358. The monoisotopic (exact) mass is 249 g/mol. The van der Waals surface area contributed by atoms with Gasteiger partial charge in [0.15, 0.2) is 0 Å². The number of halogens is 3. The summed E-state index contributed by atoms with van der Waals surface area (Å²) >= 11 is 0. The van der Waals surface area contributed by atoms with Crippen LogP contribution >= 0.6 is 0 Å². The first-order chi connectivity index (χ1) is 7.93. The summed E-state index contributed by atoms with van der Waals surface area (Å²) in [5.74, 6) is 0. The van der Waals surface area contributed by atoms with Gasteiger partial charge in [-0.2, -0.15) is 13.2 Å². The van der Waals surface area contributed by atoms with E-state index in [1.165, 1.54) is 0 Å². The van der Waals surface area contributed by atoms with Gasteiger partial charge in [-0.15, -0.1) is 0 Å². The summed E-state index contributed by atoms with van der Waals surface area (Å²) in [5, 5.41) is 3.09. The minimum atomic E-state index is -4.42. The standard InChI is InChI=1S/C10H14F3N3O/c1-3-14-7(2)6-17-9-15-4-8(5-16-9)10(11,12)13/h4-5,7,14H,3,6H2,1-2H3. The van der Waals surface area contributed by atoms with Gasteiger partial charge in [0.25, 0.3) is 0 Å². The van der Waals surface area contributed by atoms with Crippen LogP contribution in [0.5, 0.6) is 6.01 Å². The largest absolute Gasteiger partial charge is 0.462 e. The molecule has 0 aliphatic rings. The van der Waals surface area contributed by atoms with Crippen LogP contribution in [0.3, 0.4) is 0 Å². The summed E-state index contributed by atoms with van der Waals surface area (Å²) < 4.78 is 41.7. The number of aromatic nitrogens is 2. The van der Waals surface area contributed by atoms with Crippen molar-refractivity contribution in [2.75, 3.05) is 13.2 Å². The second kappa shape index (κ2) is 5.81. The van der Waals surface area contributed by atoms with Crippen molar-refractivity contribution in [2.24, 2.45) is 0 Å². The molecule has 0 saturated carbocycles. The molecular formula is C10H14F3N3O. The molecule has 1 rings (SSSR count). The maximum atomic E-state index is 12.2. The van der Waals surface area contributed by atoms with E-state index in [2.05, 4.69) is 15.3 Å². The highest BCUT2D eigenvalue weighted by Crippen LogP contribution is 2.28. The number of likely N-dealkylation sites (N-methyl/N-ethyl adjacent to an activating group) is 1. The van der Waals surface area contributed by atoms with Crippen molar-refractivity contribution < 1.29 is 17.9 Å². The molecule has 1 atom stereocenters. The van der Waals surface area contributed by atoms with Crippen LogP contribution in [0.4, 0.5) is 13.2 Å². The Balaban J connectivity index is 2.51. The van der Waals surface area contributed by atoms with Crippen LogP contribution in [0, 0.1) is 0 Å². The number of ether oxygens (including phenoxy) is 1. The van der Waals surface area contributed by atoms with Gasteiger partial charge < -0.3 is 10.1 Å². The minimum Gasteiger partial charge on any atom is -0.462 e. The molecule has 1 N–H and O–H groups in total. The molecule has 1 heterocycles. The number of hydrogen-bond donors (Lipinski definition) is 1. The van der Waals surface area contributed by atoms with Crippen molar-refractivity contribution >= 4 is 0 Å². The smallest absolute Gasteiger partial charge is 0.419 e. The zero-order valence-electron chi connectivity index (χ0n) is 9.58. The van der Waals surface area contributed by atoms with Gasteiger partial charge in [-0.1, -0.05) is 6.92 Å². The van der Waals surface area contributed by atoms with Gasteiger partial charge in [0.1, 0.15) is 6.61 Å². The van der Waals surface area contributed by atoms with Crippen molar-refractivity contribution in [1.82, 2.24) is 15.3 Å². The van der Waals surface area contributed by atoms with E-state index >= 15 is 0 Å². The number of nitrogens with one attached hydrogen (secondary N) is 1. The van der Waals surface area contributed by atoms with Crippen LogP contribution in [0.2, 0.25) is 0 Å². The summed E-state index contributed by atoms with van der Waals surface area (Å²) in [4.78, 5) is 6.99. The molecule has 1 aromatic heterocycles. The molecule has 0 bridgehead atoms. The zero-order valence-corrected chi connectivity index (χ0v) is 9.58. The fourth-order valence-electron chi connectivity index (χ4n) is 1.14. The lowest BCUT2D eigenvalue weighted by Gasteiger charge is -2.12. The molecular weight excluding hydrogens is 235 g/mol. The summed E-state index contributed by atoms with van der Waals surface area (Å²) in [6.07, 6.45) is -3.00. The van der Waals surface area contributed by atoms with Gasteiger partial charge in [0.05, 0.1) is 5.56 Å². The Kier molecular flexibility index (Phi) is 4.68. The molecule has 0 aliphatic carbocycles. The van der Waals surface area contributed by atoms with Crippen LogP contribution in [0.25, 0.3) is 0 Å². The number of rotatable bonds is 5. The highest BCUT2D eigenvalue weighted by molar-refractivity contribution is 5.10. The predicted octanol–water partition coefficient (Wildman–Crippen LogP) is 1.87. The topological polar surface area (TPSA) is 47.0 Å². The minimum absolute atomic E-state index is 0.0530. The second-order valence-electron chi connectivity index (χ2n) is 3.52. The van der Waals surface area contributed by atoms with Gasteiger partial charge in [-0.25, -0.2) is 9.97 Å². The Bertz CT molecular complexity index is 340. The number of hydrogen-bond acceptors (Lipinski definition) is 4. The molecule has 0 fully saturated rings. The second-order valence-corrected chi connectivity index (χ2v) is 3.52. The van der Waals surface area contributed by atoms with Crippen molar-refractivity contribution in [3.63, 3.8) is 0 Å². The summed E-state index contributed by atoms with van der Waals surface area (Å²) in [5.41, 5.74) is -0.885. The highest BCUT2D eigenvalue weighted by atomic mass is 19.4. The number of nitrogens with zero attached hydrogens (tertiary/aromatic N) is 2. The van der Waals surface area contributed by atoms with E-state index in [1.54, 1.807) is 0 Å². The molecule has 1 aromatic rings. The molecule has 0 radical (unpaired) electrons. The van der Waals surface area contributed by atoms with E-state index in [0.717, 1.165) is 6.54 Å². The Hall–Kier alpha value is -1.37. The average Bonchev–Trinajstić information content (AvgIpc) is 2.26. The third-order valence-corrected chi connectivity index (χ3v) is 1.97. The predicted molar refractivity (Wildman–Crippen MR) is 55.7 cm³/mol. The van der Waals surface area contributed by atoms with Gasteiger partial charge >= 0.3 is 12.2 Å². The molecule has 4 nitrogen and oxygen atoms in total. The first-order valence-corrected chi connectivity index (χ1v) is 5.19. The molecule has 96 valence electrons. The highest BCUT2D eigenvalue weighted by Gasteiger charge is 2.31. The quantitative estimate of drug-likeness (QED) is 0.865. The first kappa shape index (κ1) is 13.7. The maximum absolute atomic E-state index is 12.2. The van der Waals surface area contributed by atoms with Crippen LogP contribution in [0.1, 0.15) is 19.4 Å². The van der Waals surface area contributed by atoms with E-state index in [4.69, 9.17) is 4.74 Å². The molecule has 0 amide bonds. The van der Waals surface area contributed by atoms with Gasteiger partial charge in [0, 0.05) is 18.4 Å². The van der Waals surface area contributed by atoms with Gasteiger partial charge in [-0.3, -0.25) is 0 Å². The lowest BCUT2D eigenvalue weighted by atomic mass is 10.3. The van der Waals surface area contributed by atoms with Crippen LogP contribution in [-0.2, 0) is 6.18 Å². The molecule has 7 heteroatoms. The van der Waals surface area contributed by atoms with E-state index in [1.807, 2.05) is 13.8 Å². The Morgan fingerprint density at radius 3 is 2.41 bits per heavy atom. The maximum Gasteiger partial charge on any atom is 0.419 e. The first-order valence-electron chi connectivity index (χ1n) is 5.19. The Morgan fingerprint density at radius 2 is 1.94 bits per heavy atom. The molecule has 0 aromatic carbocycles. The molecule has 0 spiro atoms. The SMILES string of the molecule is CCNC(C)COc1ncc(C(F)(F)F)cn1. The van der Waals surface area contributed by atoms with Crippen LogP contribution in [-0.4, -0.2) is 29.2 Å². The van der Waals surface area contributed by atoms with Crippen LogP contribution < -0.4 is 10.1 Å². The lowest BCUT2D eigenvalue weighted by molar-refractivity contribution is -0.138. The van der Waals surface area contributed by atoms with Gasteiger partial charge in [0.2, 0.25) is 0 Å². The Morgan fingerprint density at radius 1 is 1.35 bits per heavy atom. The van der Waals surface area contributed by atoms with Crippen molar-refractivity contribution in [3.05, 3.63) is 18.0 Å². The third kappa shape index (κ3) is 4.56. The van der Waals surface area contributed by atoms with Crippen LogP contribution in [0.15, 0.2) is 12.4 Å². The fraction of sp³-hybridized carbons (Fsp3) is 0.600. The molecule has 17 heavy (non-hydrogen) atoms. The van der Waals surface area contributed by atoms with Gasteiger partial charge in [-0.05, 0) is 13.5 Å². The van der Waals surface area contributed by atoms with E-state index in [9.17, 15) is 13.2 Å². The van der Waals surface area contributed by atoms with Crippen molar-refractivity contribution in [3.8, 4) is 6.01 Å². The summed E-state index contributed by atoms with van der Waals surface area (Å²) in [7, 11) is 0. The van der Waals surface area contributed by atoms with E-state index < -0.39 is 11.7 Å². The lowest BCUT2D eigenvalue weighted by Crippen LogP contribution is -2.31. The normalized spacial score (nSPS) is 13.5. The van der Waals surface area contributed by atoms with E-state index in [0.29, 0.717) is 19.0 Å².